The summed E-state index contributed by atoms with van der Waals surface area (Å²) in [6.45, 7) is 4.33. The maximum Gasteiger partial charge on any atom is 0.243 e. The van der Waals surface area contributed by atoms with Gasteiger partial charge in [-0.1, -0.05) is 24.3 Å². The van der Waals surface area contributed by atoms with Gasteiger partial charge < -0.3 is 20.1 Å². The van der Waals surface area contributed by atoms with Crippen LogP contribution < -0.4 is 20.1 Å². The van der Waals surface area contributed by atoms with Gasteiger partial charge in [0.15, 0.2) is 0 Å². The van der Waals surface area contributed by atoms with E-state index in [1.54, 1.807) is 13.2 Å². The molecule has 0 bridgehead atoms. The van der Waals surface area contributed by atoms with Crippen LogP contribution in [0.5, 0.6) is 11.5 Å². The number of hydrogen-bond donors (Lipinski definition) is 2. The van der Waals surface area contributed by atoms with Crippen LogP contribution in [0.2, 0.25) is 0 Å². The Kier molecular flexibility index (Phi) is 7.67. The van der Waals surface area contributed by atoms with Gasteiger partial charge in [0.1, 0.15) is 11.5 Å². The molecule has 0 unspecified atom stereocenters. The Labute approximate surface area is 159 Å². The molecule has 0 aliphatic carbocycles. The van der Waals surface area contributed by atoms with E-state index < -0.39 is 0 Å². The monoisotopic (exact) mass is 370 g/mol. The first-order chi connectivity index (χ1) is 13.0. The van der Waals surface area contributed by atoms with Crippen molar-refractivity contribution in [2.75, 3.05) is 25.6 Å². The molecule has 0 saturated heterocycles. The molecule has 2 amide bonds. The zero-order chi connectivity index (χ0) is 19.6. The summed E-state index contributed by atoms with van der Waals surface area (Å²) in [6.07, 6.45) is 0.834. The zero-order valence-electron chi connectivity index (χ0n) is 16.0. The first-order valence-corrected chi connectivity index (χ1v) is 8.95. The fourth-order valence-corrected chi connectivity index (χ4v) is 2.64. The summed E-state index contributed by atoms with van der Waals surface area (Å²) in [5, 5.41) is 5.40. The summed E-state index contributed by atoms with van der Waals surface area (Å²) in [5.74, 6) is 0.875. The quantitative estimate of drug-likeness (QED) is 0.711. The molecule has 2 aromatic rings. The number of carbonyl (C=O) groups is 2. The summed E-state index contributed by atoms with van der Waals surface area (Å²) in [6, 6.07) is 13.2. The number of amides is 2. The van der Waals surface area contributed by atoms with E-state index in [0.29, 0.717) is 24.5 Å². The number of aryl methyl sites for hydroxylation is 2. The minimum absolute atomic E-state index is 0.0942. The highest BCUT2D eigenvalue weighted by atomic mass is 16.5. The van der Waals surface area contributed by atoms with Crippen molar-refractivity contribution in [2.24, 2.45) is 0 Å². The van der Waals surface area contributed by atoms with E-state index in [9.17, 15) is 9.59 Å². The molecule has 0 radical (unpaired) electrons. The first-order valence-electron chi connectivity index (χ1n) is 8.95. The number of hydrogen-bond acceptors (Lipinski definition) is 4. The zero-order valence-corrected chi connectivity index (χ0v) is 16.0. The number of rotatable bonds is 9. The van der Waals surface area contributed by atoms with Crippen LogP contribution in [0.15, 0.2) is 42.5 Å². The molecule has 0 fully saturated rings. The molecular formula is C21H26N2O4. The SMILES string of the molecule is CCOc1ccccc1CCC(=O)NCC(=O)Nc1cc(C)ccc1OC. The Morgan fingerprint density at radius 2 is 1.81 bits per heavy atom. The van der Waals surface area contributed by atoms with Crippen LogP contribution in [0, 0.1) is 6.92 Å². The first kappa shape index (κ1) is 20.3. The van der Waals surface area contributed by atoms with Crippen molar-refractivity contribution in [2.45, 2.75) is 26.7 Å². The predicted molar refractivity (Wildman–Crippen MR) is 105 cm³/mol. The molecule has 2 rings (SSSR count). The standard InChI is InChI=1S/C21H26N2O4/c1-4-27-18-8-6-5-7-16(18)10-12-20(24)22-14-21(25)23-17-13-15(2)9-11-19(17)26-3/h5-9,11,13H,4,10,12,14H2,1-3H3,(H,22,24)(H,23,25). The molecule has 6 heteroatoms. The molecule has 0 saturated carbocycles. The summed E-state index contributed by atoms with van der Waals surface area (Å²) in [4.78, 5) is 24.2. The molecule has 27 heavy (non-hydrogen) atoms. The molecule has 6 nitrogen and oxygen atoms in total. The van der Waals surface area contributed by atoms with Crippen LogP contribution in [-0.2, 0) is 16.0 Å². The second kappa shape index (κ2) is 10.2. The average Bonchev–Trinajstić information content (AvgIpc) is 2.66. The van der Waals surface area contributed by atoms with Crippen molar-refractivity contribution in [1.29, 1.82) is 0 Å². The van der Waals surface area contributed by atoms with E-state index in [1.807, 2.05) is 50.2 Å². The number of nitrogens with one attached hydrogen (secondary N) is 2. The Hall–Kier alpha value is -3.02. The van der Waals surface area contributed by atoms with Gasteiger partial charge in [-0.25, -0.2) is 0 Å². The maximum atomic E-state index is 12.1. The lowest BCUT2D eigenvalue weighted by molar-refractivity contribution is -0.124. The number of para-hydroxylation sites is 1. The summed E-state index contributed by atoms with van der Waals surface area (Å²) < 4.78 is 10.8. The van der Waals surface area contributed by atoms with Gasteiger partial charge in [-0.05, 0) is 49.6 Å². The smallest absolute Gasteiger partial charge is 0.243 e. The van der Waals surface area contributed by atoms with E-state index in [1.165, 1.54) is 0 Å². The van der Waals surface area contributed by atoms with Gasteiger partial charge in [0.05, 0.1) is 25.9 Å². The normalized spacial score (nSPS) is 10.2. The van der Waals surface area contributed by atoms with Gasteiger partial charge in [0, 0.05) is 6.42 Å². The lowest BCUT2D eigenvalue weighted by Gasteiger charge is -2.12. The van der Waals surface area contributed by atoms with Crippen LogP contribution >= 0.6 is 0 Å². The third-order valence-corrected chi connectivity index (χ3v) is 3.97. The van der Waals surface area contributed by atoms with E-state index in [2.05, 4.69) is 10.6 Å². The predicted octanol–water partition coefficient (Wildman–Crippen LogP) is 3.09. The number of anilines is 1. The van der Waals surface area contributed by atoms with E-state index in [0.717, 1.165) is 16.9 Å². The van der Waals surface area contributed by atoms with Gasteiger partial charge >= 0.3 is 0 Å². The molecule has 0 aliphatic rings. The molecule has 2 N–H and O–H groups in total. The number of ether oxygens (including phenoxy) is 2. The Morgan fingerprint density at radius 1 is 1.04 bits per heavy atom. The number of carbonyl (C=O) groups excluding carboxylic acids is 2. The molecule has 0 spiro atoms. The number of benzene rings is 2. The Morgan fingerprint density at radius 3 is 2.56 bits per heavy atom. The van der Waals surface area contributed by atoms with Crippen LogP contribution in [0.1, 0.15) is 24.5 Å². The summed E-state index contributed by atoms with van der Waals surface area (Å²) >= 11 is 0. The number of methoxy groups -OCH3 is 1. The topological polar surface area (TPSA) is 76.7 Å². The van der Waals surface area contributed by atoms with E-state index >= 15 is 0 Å². The van der Waals surface area contributed by atoms with E-state index in [4.69, 9.17) is 9.47 Å². The minimum Gasteiger partial charge on any atom is -0.495 e. The highest BCUT2D eigenvalue weighted by molar-refractivity contribution is 5.95. The molecule has 0 heterocycles. The lowest BCUT2D eigenvalue weighted by atomic mass is 10.1. The van der Waals surface area contributed by atoms with Crippen molar-refractivity contribution >= 4 is 17.5 Å². The third kappa shape index (κ3) is 6.33. The van der Waals surface area contributed by atoms with Crippen molar-refractivity contribution in [3.8, 4) is 11.5 Å². The minimum atomic E-state index is -0.304. The second-order valence-electron chi connectivity index (χ2n) is 6.07. The van der Waals surface area contributed by atoms with Gasteiger partial charge in [0.25, 0.3) is 0 Å². The largest absolute Gasteiger partial charge is 0.495 e. The van der Waals surface area contributed by atoms with Gasteiger partial charge in [-0.2, -0.15) is 0 Å². The van der Waals surface area contributed by atoms with Crippen LogP contribution in [-0.4, -0.2) is 32.1 Å². The second-order valence-corrected chi connectivity index (χ2v) is 6.07. The Balaban J connectivity index is 1.82. The van der Waals surface area contributed by atoms with Crippen molar-refractivity contribution in [3.05, 3.63) is 53.6 Å². The third-order valence-electron chi connectivity index (χ3n) is 3.97. The molecular weight excluding hydrogens is 344 g/mol. The van der Waals surface area contributed by atoms with Crippen LogP contribution in [0.4, 0.5) is 5.69 Å². The molecule has 2 aromatic carbocycles. The van der Waals surface area contributed by atoms with Crippen LogP contribution in [0.3, 0.4) is 0 Å². The molecule has 0 atom stereocenters. The van der Waals surface area contributed by atoms with Crippen molar-refractivity contribution < 1.29 is 19.1 Å². The van der Waals surface area contributed by atoms with Gasteiger partial charge in [0.2, 0.25) is 11.8 Å². The summed E-state index contributed by atoms with van der Waals surface area (Å²) in [5.41, 5.74) is 2.56. The lowest BCUT2D eigenvalue weighted by Crippen LogP contribution is -2.33. The average molecular weight is 370 g/mol. The highest BCUT2D eigenvalue weighted by Gasteiger charge is 2.11. The Bertz CT molecular complexity index is 790. The van der Waals surface area contributed by atoms with Gasteiger partial charge in [-0.3, -0.25) is 9.59 Å². The van der Waals surface area contributed by atoms with E-state index in [-0.39, 0.29) is 24.8 Å². The fourth-order valence-electron chi connectivity index (χ4n) is 2.64. The van der Waals surface area contributed by atoms with Crippen molar-refractivity contribution in [1.82, 2.24) is 5.32 Å². The molecule has 0 aromatic heterocycles. The summed E-state index contributed by atoms with van der Waals surface area (Å²) in [7, 11) is 1.54. The van der Waals surface area contributed by atoms with Crippen molar-refractivity contribution in [3.63, 3.8) is 0 Å². The highest BCUT2D eigenvalue weighted by Crippen LogP contribution is 2.25. The maximum absolute atomic E-state index is 12.1. The molecule has 144 valence electrons. The fraction of sp³-hybridized carbons (Fsp3) is 0.333. The molecule has 0 aliphatic heterocycles. The van der Waals surface area contributed by atoms with Gasteiger partial charge in [-0.15, -0.1) is 0 Å². The van der Waals surface area contributed by atoms with Crippen LogP contribution in [0.25, 0.3) is 0 Å².